The summed E-state index contributed by atoms with van der Waals surface area (Å²) < 4.78 is 32.4. The maximum Gasteiger partial charge on any atom is 0.231 e. The van der Waals surface area contributed by atoms with Crippen LogP contribution in [0.1, 0.15) is 0 Å². The van der Waals surface area contributed by atoms with E-state index in [2.05, 4.69) is 0 Å². The summed E-state index contributed by atoms with van der Waals surface area (Å²) in [7, 11) is 1.23. The molecule has 1 fully saturated rings. The molecule has 0 saturated carbocycles. The highest BCUT2D eigenvalue weighted by atomic mass is 16.7. The summed E-state index contributed by atoms with van der Waals surface area (Å²) in [5, 5.41) is 50.3. The lowest BCUT2D eigenvalue weighted by atomic mass is 9.99. The molecule has 1 saturated heterocycles. The number of benzene rings is 2. The first-order valence-corrected chi connectivity index (χ1v) is 10.6. The summed E-state index contributed by atoms with van der Waals surface area (Å²) in [6, 6.07) is 6.17. The van der Waals surface area contributed by atoms with Crippen LogP contribution >= 0.6 is 0 Å². The number of aliphatic hydroxyl groups excluding tert-OH is 4. The van der Waals surface area contributed by atoms with Gasteiger partial charge < -0.3 is 53.6 Å². The Kier molecular flexibility index (Phi) is 5.91. The number of aliphatic hydroxyl groups is 4. The van der Waals surface area contributed by atoms with E-state index < -0.39 is 48.5 Å². The molecule has 0 bridgehead atoms. The van der Waals surface area contributed by atoms with Gasteiger partial charge in [0.2, 0.25) is 24.3 Å². The maximum absolute atomic E-state index is 13.3. The van der Waals surface area contributed by atoms with Crippen molar-refractivity contribution >= 4 is 11.0 Å². The molecule has 12 heteroatoms. The summed E-state index contributed by atoms with van der Waals surface area (Å²) in [5.41, 5.74) is 0.0124. The molecule has 0 aliphatic carbocycles. The summed E-state index contributed by atoms with van der Waals surface area (Å²) in [4.78, 5) is 13.3. The van der Waals surface area contributed by atoms with Gasteiger partial charge in [0, 0.05) is 6.07 Å². The molecule has 186 valence electrons. The van der Waals surface area contributed by atoms with E-state index in [1.165, 1.54) is 19.4 Å². The highest BCUT2D eigenvalue weighted by Gasteiger charge is 2.45. The van der Waals surface area contributed by atoms with E-state index in [0.29, 0.717) is 17.1 Å². The van der Waals surface area contributed by atoms with E-state index in [9.17, 15) is 30.3 Å². The normalized spacial score (nSPS) is 25.6. The Labute approximate surface area is 197 Å². The van der Waals surface area contributed by atoms with E-state index in [-0.39, 0.29) is 34.8 Å². The first-order valence-electron chi connectivity index (χ1n) is 10.6. The number of fused-ring (bicyclic) bond motifs is 2. The van der Waals surface area contributed by atoms with Gasteiger partial charge in [0.25, 0.3) is 0 Å². The van der Waals surface area contributed by atoms with Crippen molar-refractivity contribution in [2.24, 2.45) is 0 Å². The summed E-state index contributed by atoms with van der Waals surface area (Å²) in [6.07, 6.45) is -6.49. The highest BCUT2D eigenvalue weighted by Crippen LogP contribution is 2.43. The first kappa shape index (κ1) is 23.2. The van der Waals surface area contributed by atoms with Gasteiger partial charge in [0.1, 0.15) is 41.6 Å². The predicted molar refractivity (Wildman–Crippen MR) is 117 cm³/mol. The zero-order valence-electron chi connectivity index (χ0n) is 18.3. The predicted octanol–water partition coefficient (Wildman–Crippen LogP) is 0.0816. The molecule has 35 heavy (non-hydrogen) atoms. The molecule has 3 aromatic rings. The standard InChI is InChI=1S/C23H22O12/c1-30-22-14(34-23-21(29)20(28)18(26)15(6-24)35-23)5-13-16(19(22)27)17(25)10(7-31-13)9-2-3-11-12(4-9)33-8-32-11/h2-5,7,15,18,20-21,23-24,26-29H,6,8H2,1H3/t15-,18+,20+,21-,23-/m1/s1. The second-order valence-corrected chi connectivity index (χ2v) is 7.99. The van der Waals surface area contributed by atoms with Gasteiger partial charge in [-0.25, -0.2) is 0 Å². The van der Waals surface area contributed by atoms with Crippen molar-refractivity contribution in [1.29, 1.82) is 0 Å². The molecule has 1 aromatic heterocycles. The second-order valence-electron chi connectivity index (χ2n) is 7.99. The first-order chi connectivity index (χ1) is 16.8. The number of hydrogen-bond acceptors (Lipinski definition) is 12. The third-order valence-corrected chi connectivity index (χ3v) is 5.94. The van der Waals surface area contributed by atoms with Gasteiger partial charge in [-0.3, -0.25) is 4.79 Å². The van der Waals surface area contributed by atoms with Gasteiger partial charge in [-0.1, -0.05) is 6.07 Å². The average Bonchev–Trinajstić information content (AvgIpc) is 3.32. The number of rotatable bonds is 5. The van der Waals surface area contributed by atoms with Crippen molar-refractivity contribution in [1.82, 2.24) is 0 Å². The molecule has 0 unspecified atom stereocenters. The van der Waals surface area contributed by atoms with Crippen LogP contribution in [0.5, 0.6) is 28.7 Å². The third kappa shape index (κ3) is 3.81. The van der Waals surface area contributed by atoms with Gasteiger partial charge in [0.15, 0.2) is 23.0 Å². The molecular formula is C23H22O12. The molecule has 2 aliphatic rings. The van der Waals surface area contributed by atoms with E-state index in [4.69, 9.17) is 28.1 Å². The van der Waals surface area contributed by atoms with Crippen LogP contribution in [-0.4, -0.2) is 76.7 Å². The van der Waals surface area contributed by atoms with E-state index in [1.807, 2.05) is 0 Å². The van der Waals surface area contributed by atoms with Crippen LogP contribution in [0, 0.1) is 0 Å². The quantitative estimate of drug-likeness (QED) is 0.326. The van der Waals surface area contributed by atoms with Gasteiger partial charge in [-0.2, -0.15) is 0 Å². The SMILES string of the molecule is COc1c(O[C@@H]2O[C@H](CO)[C@H](O)[C@H](O)[C@H]2O)cc2occ(-c3ccc4c(c3)OCO4)c(=O)c2c1O. The Morgan fingerprint density at radius 3 is 2.57 bits per heavy atom. The topological polar surface area (TPSA) is 178 Å². The lowest BCUT2D eigenvalue weighted by Gasteiger charge is -2.39. The minimum absolute atomic E-state index is 0.0580. The van der Waals surface area contributed by atoms with Crippen LogP contribution in [0.2, 0.25) is 0 Å². The van der Waals surface area contributed by atoms with Crippen molar-refractivity contribution in [3.05, 3.63) is 40.8 Å². The Hall–Kier alpha value is -3.55. The number of phenols is 1. The number of hydrogen-bond donors (Lipinski definition) is 5. The molecular weight excluding hydrogens is 468 g/mol. The smallest absolute Gasteiger partial charge is 0.231 e. The Morgan fingerprint density at radius 1 is 1.06 bits per heavy atom. The van der Waals surface area contributed by atoms with Crippen LogP contribution in [0.15, 0.2) is 39.7 Å². The molecule has 0 spiro atoms. The second kappa shape index (κ2) is 8.91. The zero-order valence-corrected chi connectivity index (χ0v) is 18.3. The zero-order chi connectivity index (χ0) is 24.9. The van der Waals surface area contributed by atoms with Crippen molar-refractivity contribution < 1.29 is 53.6 Å². The van der Waals surface area contributed by atoms with Gasteiger partial charge in [-0.15, -0.1) is 0 Å². The lowest BCUT2D eigenvalue weighted by Crippen LogP contribution is -2.60. The summed E-state index contributed by atoms with van der Waals surface area (Å²) in [6.45, 7) is -0.581. The van der Waals surface area contributed by atoms with Crippen LogP contribution in [0.4, 0.5) is 0 Å². The molecule has 0 radical (unpaired) electrons. The Balaban J connectivity index is 1.55. The van der Waals surface area contributed by atoms with E-state index >= 15 is 0 Å². The largest absolute Gasteiger partial charge is 0.504 e. The molecule has 2 aliphatic heterocycles. The van der Waals surface area contributed by atoms with E-state index in [1.54, 1.807) is 18.2 Å². The highest BCUT2D eigenvalue weighted by molar-refractivity contribution is 5.91. The number of methoxy groups -OCH3 is 1. The van der Waals surface area contributed by atoms with E-state index in [0.717, 1.165) is 0 Å². The summed E-state index contributed by atoms with van der Waals surface area (Å²) >= 11 is 0. The molecule has 12 nitrogen and oxygen atoms in total. The lowest BCUT2D eigenvalue weighted by molar-refractivity contribution is -0.277. The maximum atomic E-state index is 13.3. The molecule has 0 amide bonds. The fourth-order valence-electron chi connectivity index (χ4n) is 4.06. The third-order valence-electron chi connectivity index (χ3n) is 5.94. The van der Waals surface area contributed by atoms with Crippen molar-refractivity contribution in [2.75, 3.05) is 20.5 Å². The Morgan fingerprint density at radius 2 is 1.83 bits per heavy atom. The number of ether oxygens (including phenoxy) is 5. The van der Waals surface area contributed by atoms with Gasteiger partial charge in [0.05, 0.1) is 19.3 Å². The number of aromatic hydroxyl groups is 1. The van der Waals surface area contributed by atoms with Crippen molar-refractivity contribution in [3.63, 3.8) is 0 Å². The molecule has 5 rings (SSSR count). The number of phenolic OH excluding ortho intramolecular Hbond substituents is 1. The fourth-order valence-corrected chi connectivity index (χ4v) is 4.06. The molecule has 5 atom stereocenters. The summed E-state index contributed by atoms with van der Waals surface area (Å²) in [5.74, 6) is -0.0168. The monoisotopic (exact) mass is 490 g/mol. The van der Waals surface area contributed by atoms with Crippen molar-refractivity contribution in [2.45, 2.75) is 30.7 Å². The molecule has 5 N–H and O–H groups in total. The van der Waals surface area contributed by atoms with Crippen molar-refractivity contribution in [3.8, 4) is 39.9 Å². The van der Waals surface area contributed by atoms with Crippen LogP contribution in [0.3, 0.4) is 0 Å². The minimum atomic E-state index is -1.70. The average molecular weight is 490 g/mol. The molecule has 3 heterocycles. The van der Waals surface area contributed by atoms with Crippen LogP contribution < -0.4 is 24.4 Å². The van der Waals surface area contributed by atoms with Crippen LogP contribution in [0.25, 0.3) is 22.1 Å². The molecule has 2 aromatic carbocycles. The van der Waals surface area contributed by atoms with Gasteiger partial charge in [-0.05, 0) is 17.7 Å². The fraction of sp³-hybridized carbons (Fsp3) is 0.348. The van der Waals surface area contributed by atoms with Crippen LogP contribution in [-0.2, 0) is 4.74 Å². The Bertz CT molecular complexity index is 1320. The minimum Gasteiger partial charge on any atom is -0.504 e. The van der Waals surface area contributed by atoms with Gasteiger partial charge >= 0.3 is 0 Å².